The fourth-order valence-electron chi connectivity index (χ4n) is 4.94. The summed E-state index contributed by atoms with van der Waals surface area (Å²) >= 11 is 0. The number of likely N-dealkylation sites (N-methyl/N-ethyl adjacent to an activating group) is 1. The van der Waals surface area contributed by atoms with Crippen LogP contribution in [-0.4, -0.2) is 78.1 Å². The minimum absolute atomic E-state index is 0.0189. The number of ether oxygens (including phenoxy) is 1. The second-order valence-corrected chi connectivity index (χ2v) is 8.68. The lowest BCUT2D eigenvalue weighted by Crippen LogP contribution is -2.59. The number of halogens is 3. The molecule has 2 heterocycles. The maximum absolute atomic E-state index is 13.6. The predicted octanol–water partition coefficient (Wildman–Crippen LogP) is 2.98. The molecule has 1 aliphatic carbocycles. The monoisotopic (exact) mass is 439 g/mol. The van der Waals surface area contributed by atoms with Gasteiger partial charge in [-0.1, -0.05) is 18.6 Å². The van der Waals surface area contributed by atoms with Gasteiger partial charge in [0.25, 0.3) is 5.91 Å². The number of rotatable bonds is 2. The first-order valence-corrected chi connectivity index (χ1v) is 10.8. The van der Waals surface area contributed by atoms with Crippen molar-refractivity contribution in [2.45, 2.75) is 50.0 Å². The zero-order valence-electron chi connectivity index (χ0n) is 17.7. The molecule has 1 spiro atoms. The molecule has 1 unspecified atom stereocenters. The molecule has 2 amide bonds. The van der Waals surface area contributed by atoms with Crippen LogP contribution in [0.25, 0.3) is 0 Å². The van der Waals surface area contributed by atoms with Crippen LogP contribution in [0.5, 0.6) is 0 Å². The van der Waals surface area contributed by atoms with Crippen LogP contribution in [0.3, 0.4) is 0 Å². The highest BCUT2D eigenvalue weighted by Gasteiger charge is 2.54. The molecule has 0 aromatic heterocycles. The van der Waals surface area contributed by atoms with Gasteiger partial charge in [0.05, 0.1) is 17.7 Å². The third kappa shape index (κ3) is 4.17. The first kappa shape index (κ1) is 22.1. The lowest BCUT2D eigenvalue weighted by molar-refractivity contribution is -0.139. The summed E-state index contributed by atoms with van der Waals surface area (Å²) < 4.78 is 47.0. The smallest absolute Gasteiger partial charge is 0.353 e. The lowest BCUT2D eigenvalue weighted by Gasteiger charge is -2.43. The zero-order valence-corrected chi connectivity index (χ0v) is 17.7. The zero-order chi connectivity index (χ0) is 22.2. The third-order valence-corrected chi connectivity index (χ3v) is 6.68. The van der Waals surface area contributed by atoms with Gasteiger partial charge in [-0.25, -0.2) is 0 Å². The lowest BCUT2D eigenvalue weighted by atomic mass is 9.89. The van der Waals surface area contributed by atoms with E-state index in [-0.39, 0.29) is 12.5 Å². The summed E-state index contributed by atoms with van der Waals surface area (Å²) in [5.41, 5.74) is -2.42. The van der Waals surface area contributed by atoms with E-state index >= 15 is 0 Å². The topological polar surface area (TPSA) is 53.1 Å². The predicted molar refractivity (Wildman–Crippen MR) is 107 cm³/mol. The molecule has 0 bridgehead atoms. The van der Waals surface area contributed by atoms with E-state index in [4.69, 9.17) is 4.74 Å². The second kappa shape index (κ2) is 8.43. The third-order valence-electron chi connectivity index (χ3n) is 6.68. The van der Waals surface area contributed by atoms with Crippen molar-refractivity contribution in [1.82, 2.24) is 14.7 Å². The largest absolute Gasteiger partial charge is 0.417 e. The van der Waals surface area contributed by atoms with Crippen LogP contribution in [0.15, 0.2) is 24.3 Å². The second-order valence-electron chi connectivity index (χ2n) is 8.68. The summed E-state index contributed by atoms with van der Waals surface area (Å²) in [6.07, 6.45) is -1.02. The molecule has 2 aliphatic heterocycles. The van der Waals surface area contributed by atoms with Gasteiger partial charge in [0.1, 0.15) is 11.8 Å². The Bertz CT molecular complexity index is 831. The maximum atomic E-state index is 13.6. The van der Waals surface area contributed by atoms with E-state index in [0.717, 1.165) is 38.4 Å². The first-order chi connectivity index (χ1) is 14.7. The number of alkyl halides is 3. The van der Waals surface area contributed by atoms with Crippen LogP contribution in [-0.2, 0) is 15.7 Å². The van der Waals surface area contributed by atoms with Crippen molar-refractivity contribution in [1.29, 1.82) is 0 Å². The van der Waals surface area contributed by atoms with E-state index < -0.39 is 35.0 Å². The summed E-state index contributed by atoms with van der Waals surface area (Å²) in [6.45, 7) is 2.51. The first-order valence-electron chi connectivity index (χ1n) is 10.8. The number of hydrogen-bond acceptors (Lipinski definition) is 4. The molecule has 0 radical (unpaired) electrons. The Balaban J connectivity index is 1.69. The normalized spacial score (nSPS) is 24.6. The molecule has 2 saturated heterocycles. The average molecular weight is 439 g/mol. The summed E-state index contributed by atoms with van der Waals surface area (Å²) in [6, 6.07) is 3.88. The van der Waals surface area contributed by atoms with Gasteiger partial charge < -0.3 is 14.5 Å². The van der Waals surface area contributed by atoms with Crippen LogP contribution in [0.2, 0.25) is 0 Å². The van der Waals surface area contributed by atoms with Crippen molar-refractivity contribution in [2.75, 3.05) is 39.8 Å². The van der Waals surface area contributed by atoms with Crippen molar-refractivity contribution in [3.05, 3.63) is 35.4 Å². The van der Waals surface area contributed by atoms with Gasteiger partial charge in [-0.15, -0.1) is 0 Å². The molecule has 1 saturated carbocycles. The number of hydrogen-bond donors (Lipinski definition) is 0. The van der Waals surface area contributed by atoms with E-state index in [2.05, 4.69) is 4.90 Å². The molecule has 4 rings (SSSR count). The Morgan fingerprint density at radius 3 is 2.32 bits per heavy atom. The van der Waals surface area contributed by atoms with Crippen molar-refractivity contribution < 1.29 is 27.5 Å². The number of piperazine rings is 1. The molecule has 31 heavy (non-hydrogen) atoms. The SMILES string of the molecule is CN1CCN(C(=O)C2COC3(CCCCC3)N2C(=O)c2ccccc2C(F)(F)F)CC1. The van der Waals surface area contributed by atoms with Crippen LogP contribution in [0.1, 0.15) is 48.0 Å². The van der Waals surface area contributed by atoms with Gasteiger partial charge in [0.2, 0.25) is 5.91 Å². The number of benzene rings is 1. The summed E-state index contributed by atoms with van der Waals surface area (Å²) in [5, 5.41) is 0. The van der Waals surface area contributed by atoms with Crippen LogP contribution < -0.4 is 0 Å². The Morgan fingerprint density at radius 2 is 1.68 bits per heavy atom. The number of carbonyl (C=O) groups excluding carboxylic acids is 2. The molecule has 9 heteroatoms. The van der Waals surface area contributed by atoms with Gasteiger partial charge in [-0.05, 0) is 44.9 Å². The molecule has 3 aliphatic rings. The highest BCUT2D eigenvalue weighted by Crippen LogP contribution is 2.43. The Kier molecular flexibility index (Phi) is 6.00. The Hall–Kier alpha value is -2.13. The van der Waals surface area contributed by atoms with Crippen LogP contribution in [0.4, 0.5) is 13.2 Å². The Labute approximate surface area is 179 Å². The molecule has 170 valence electrons. The molecular weight excluding hydrogens is 411 g/mol. The van der Waals surface area contributed by atoms with E-state index in [9.17, 15) is 22.8 Å². The van der Waals surface area contributed by atoms with Crippen molar-refractivity contribution in [2.24, 2.45) is 0 Å². The fraction of sp³-hybridized carbons (Fsp3) is 0.636. The highest BCUT2D eigenvalue weighted by atomic mass is 19.4. The van der Waals surface area contributed by atoms with E-state index in [1.54, 1.807) is 4.90 Å². The van der Waals surface area contributed by atoms with Gasteiger partial charge >= 0.3 is 6.18 Å². The molecule has 3 fully saturated rings. The van der Waals surface area contributed by atoms with E-state index in [0.29, 0.717) is 25.9 Å². The van der Waals surface area contributed by atoms with Crippen LogP contribution >= 0.6 is 0 Å². The van der Waals surface area contributed by atoms with Gasteiger partial charge in [0, 0.05) is 26.2 Å². The molecule has 1 atom stereocenters. The Morgan fingerprint density at radius 1 is 1.03 bits per heavy atom. The van der Waals surface area contributed by atoms with Crippen LogP contribution in [0, 0.1) is 0 Å². The standard InChI is InChI=1S/C22H28F3N3O3/c1-26-11-13-27(14-12-26)20(30)18-15-31-21(9-5-2-6-10-21)28(18)19(29)16-7-3-4-8-17(16)22(23,24)25/h3-4,7-8,18H,2,5-6,9-15H2,1H3. The molecule has 0 N–H and O–H groups in total. The quantitative estimate of drug-likeness (QED) is 0.711. The van der Waals surface area contributed by atoms with E-state index in [1.807, 2.05) is 7.05 Å². The van der Waals surface area contributed by atoms with Gasteiger partial charge in [-0.2, -0.15) is 13.2 Å². The fourth-order valence-corrected chi connectivity index (χ4v) is 4.94. The molecule has 6 nitrogen and oxygen atoms in total. The number of carbonyl (C=O) groups is 2. The van der Waals surface area contributed by atoms with Gasteiger partial charge in [0.15, 0.2) is 0 Å². The number of amides is 2. The highest BCUT2D eigenvalue weighted by molar-refractivity contribution is 5.99. The van der Waals surface area contributed by atoms with E-state index in [1.165, 1.54) is 23.1 Å². The molecular formula is C22H28F3N3O3. The van der Waals surface area contributed by atoms with Crippen molar-refractivity contribution in [3.8, 4) is 0 Å². The summed E-state index contributed by atoms with van der Waals surface area (Å²) in [7, 11) is 1.97. The number of nitrogens with zero attached hydrogens (tertiary/aromatic N) is 3. The minimum atomic E-state index is -4.66. The molecule has 1 aromatic carbocycles. The minimum Gasteiger partial charge on any atom is -0.353 e. The van der Waals surface area contributed by atoms with Crippen molar-refractivity contribution in [3.63, 3.8) is 0 Å². The molecule has 1 aromatic rings. The average Bonchev–Trinajstić information content (AvgIpc) is 3.11. The summed E-state index contributed by atoms with van der Waals surface area (Å²) in [5.74, 6) is -1.02. The van der Waals surface area contributed by atoms with Gasteiger partial charge in [-0.3, -0.25) is 14.5 Å². The maximum Gasteiger partial charge on any atom is 0.417 e. The summed E-state index contributed by atoms with van der Waals surface area (Å²) in [4.78, 5) is 32.1. The van der Waals surface area contributed by atoms with Crippen molar-refractivity contribution >= 4 is 11.8 Å².